The van der Waals surface area contributed by atoms with E-state index >= 15 is 0 Å². The van der Waals surface area contributed by atoms with Crippen molar-refractivity contribution in [2.75, 3.05) is 0 Å². The highest BCUT2D eigenvalue weighted by molar-refractivity contribution is 5.76. The molecule has 3 aromatic carbocycles. The van der Waals surface area contributed by atoms with Crippen molar-refractivity contribution < 1.29 is 0 Å². The van der Waals surface area contributed by atoms with Gasteiger partial charge >= 0.3 is 0 Å². The first-order chi connectivity index (χ1) is 9.90. The van der Waals surface area contributed by atoms with Crippen LogP contribution in [0, 0.1) is 6.07 Å². The second kappa shape index (κ2) is 4.64. The van der Waals surface area contributed by atoms with Crippen LogP contribution in [0.2, 0.25) is 0 Å². The van der Waals surface area contributed by atoms with Crippen molar-refractivity contribution in [2.24, 2.45) is 0 Å². The van der Waals surface area contributed by atoms with Gasteiger partial charge in [0.05, 0.1) is 0 Å². The van der Waals surface area contributed by atoms with E-state index in [1.165, 1.54) is 33.4 Å². The van der Waals surface area contributed by atoms with Crippen LogP contribution in [0.1, 0.15) is 22.3 Å². The van der Waals surface area contributed by atoms with Crippen molar-refractivity contribution in [3.63, 3.8) is 0 Å². The molecule has 0 unspecified atom stereocenters. The molecule has 0 saturated carbocycles. The Balaban J connectivity index is 1.69. The second-order valence-corrected chi connectivity index (χ2v) is 5.37. The molecule has 0 heterocycles. The van der Waals surface area contributed by atoms with Crippen LogP contribution < -0.4 is 0 Å². The Morgan fingerprint density at radius 1 is 0.750 bits per heavy atom. The highest BCUT2D eigenvalue weighted by Crippen LogP contribution is 2.36. The third-order valence-electron chi connectivity index (χ3n) is 4.00. The molecular formula is C20H15. The van der Waals surface area contributed by atoms with Crippen molar-refractivity contribution in [1.29, 1.82) is 0 Å². The van der Waals surface area contributed by atoms with Gasteiger partial charge in [0.1, 0.15) is 0 Å². The van der Waals surface area contributed by atoms with Crippen molar-refractivity contribution in [2.45, 2.75) is 12.8 Å². The standard InChI is InChI=1S/C20H15/c1-2-6-15(7-3-1)12-16-10-11-20-18(13-16)14-17-8-4-5-9-19(17)20/h1-11H,12,14H2. The van der Waals surface area contributed by atoms with Crippen molar-refractivity contribution in [1.82, 2.24) is 0 Å². The van der Waals surface area contributed by atoms with Crippen molar-refractivity contribution >= 4 is 0 Å². The molecule has 0 aromatic heterocycles. The summed E-state index contributed by atoms with van der Waals surface area (Å²) in [6.45, 7) is 0. The van der Waals surface area contributed by atoms with Gasteiger partial charge in [-0.05, 0) is 52.3 Å². The van der Waals surface area contributed by atoms with Crippen LogP contribution in [0.4, 0.5) is 0 Å². The summed E-state index contributed by atoms with van der Waals surface area (Å²) in [4.78, 5) is 0. The van der Waals surface area contributed by atoms with E-state index in [4.69, 9.17) is 0 Å². The van der Waals surface area contributed by atoms with Crippen LogP contribution in [0.3, 0.4) is 0 Å². The normalized spacial score (nSPS) is 12.0. The molecule has 0 heteroatoms. The van der Waals surface area contributed by atoms with Crippen LogP contribution in [0.5, 0.6) is 0 Å². The lowest BCUT2D eigenvalue weighted by molar-refractivity contribution is 1.16. The fraction of sp³-hybridized carbons (Fsp3) is 0.100. The molecule has 4 rings (SSSR count). The SMILES string of the molecule is [c]1c(Cc2ccccc2)ccc2c1Cc1ccccc1-2. The molecule has 0 N–H and O–H groups in total. The minimum Gasteiger partial charge on any atom is -0.0622 e. The van der Waals surface area contributed by atoms with E-state index in [9.17, 15) is 0 Å². The van der Waals surface area contributed by atoms with E-state index in [0.29, 0.717) is 0 Å². The van der Waals surface area contributed by atoms with E-state index < -0.39 is 0 Å². The maximum absolute atomic E-state index is 3.62. The molecule has 1 aliphatic rings. The van der Waals surface area contributed by atoms with Crippen LogP contribution in [0.25, 0.3) is 11.1 Å². The van der Waals surface area contributed by atoms with Gasteiger partial charge in [0.25, 0.3) is 0 Å². The summed E-state index contributed by atoms with van der Waals surface area (Å²) in [6.07, 6.45) is 1.98. The largest absolute Gasteiger partial charge is 0.0622 e. The smallest absolute Gasteiger partial charge is 0.000718 e. The Hall–Kier alpha value is -2.34. The summed E-state index contributed by atoms with van der Waals surface area (Å²) in [5.74, 6) is 0. The Bertz CT molecular complexity index is 754. The zero-order valence-corrected chi connectivity index (χ0v) is 11.3. The van der Waals surface area contributed by atoms with E-state index in [0.717, 1.165) is 12.8 Å². The first-order valence-electron chi connectivity index (χ1n) is 7.06. The Labute approximate surface area is 119 Å². The molecule has 1 aliphatic carbocycles. The quantitative estimate of drug-likeness (QED) is 0.489. The molecular weight excluding hydrogens is 240 g/mol. The van der Waals surface area contributed by atoms with Gasteiger partial charge in [0.15, 0.2) is 0 Å². The number of hydrogen-bond donors (Lipinski definition) is 0. The van der Waals surface area contributed by atoms with Crippen LogP contribution in [-0.4, -0.2) is 0 Å². The maximum atomic E-state index is 3.62. The molecule has 0 fully saturated rings. The summed E-state index contributed by atoms with van der Waals surface area (Å²) in [7, 11) is 0. The molecule has 20 heavy (non-hydrogen) atoms. The van der Waals surface area contributed by atoms with Gasteiger partial charge in [-0.3, -0.25) is 0 Å². The topological polar surface area (TPSA) is 0 Å². The van der Waals surface area contributed by atoms with E-state index in [1.54, 1.807) is 0 Å². The maximum Gasteiger partial charge on any atom is -0.000718 e. The van der Waals surface area contributed by atoms with Crippen LogP contribution >= 0.6 is 0 Å². The van der Waals surface area contributed by atoms with Gasteiger partial charge in [0, 0.05) is 0 Å². The Morgan fingerprint density at radius 3 is 2.45 bits per heavy atom. The number of benzene rings is 3. The van der Waals surface area contributed by atoms with Gasteiger partial charge < -0.3 is 0 Å². The summed E-state index contributed by atoms with van der Waals surface area (Å²) >= 11 is 0. The molecule has 0 spiro atoms. The molecule has 0 nitrogen and oxygen atoms in total. The highest BCUT2D eigenvalue weighted by Gasteiger charge is 2.17. The molecule has 0 amide bonds. The van der Waals surface area contributed by atoms with E-state index in [1.807, 2.05) is 0 Å². The molecule has 95 valence electrons. The van der Waals surface area contributed by atoms with Gasteiger partial charge in [-0.25, -0.2) is 0 Å². The van der Waals surface area contributed by atoms with E-state index in [2.05, 4.69) is 72.8 Å². The molecule has 0 saturated heterocycles. The van der Waals surface area contributed by atoms with E-state index in [-0.39, 0.29) is 0 Å². The lowest BCUT2D eigenvalue weighted by Gasteiger charge is -2.05. The van der Waals surface area contributed by atoms with Crippen LogP contribution in [-0.2, 0) is 12.8 Å². The average Bonchev–Trinajstić information content (AvgIpc) is 2.86. The second-order valence-electron chi connectivity index (χ2n) is 5.37. The van der Waals surface area contributed by atoms with Gasteiger partial charge in [-0.2, -0.15) is 0 Å². The van der Waals surface area contributed by atoms with Crippen molar-refractivity contribution in [3.05, 3.63) is 95.1 Å². The zero-order valence-electron chi connectivity index (χ0n) is 11.3. The minimum absolute atomic E-state index is 0.963. The van der Waals surface area contributed by atoms with Gasteiger partial charge in [-0.15, -0.1) is 0 Å². The lowest BCUT2D eigenvalue weighted by atomic mass is 9.99. The predicted octanol–water partition coefficient (Wildman–Crippen LogP) is 4.65. The summed E-state index contributed by atoms with van der Waals surface area (Å²) < 4.78 is 0. The van der Waals surface area contributed by atoms with Gasteiger partial charge in [-0.1, -0.05) is 66.7 Å². The lowest BCUT2D eigenvalue weighted by Crippen LogP contribution is -1.90. The summed E-state index contributed by atoms with van der Waals surface area (Å²) in [5.41, 5.74) is 8.14. The monoisotopic (exact) mass is 255 g/mol. The summed E-state index contributed by atoms with van der Waals surface area (Å²) in [6, 6.07) is 27.4. The third-order valence-corrected chi connectivity index (χ3v) is 4.00. The average molecular weight is 255 g/mol. The first-order valence-corrected chi connectivity index (χ1v) is 7.06. The molecule has 0 aliphatic heterocycles. The number of rotatable bonds is 2. The number of hydrogen-bond acceptors (Lipinski definition) is 0. The first kappa shape index (κ1) is 11.5. The molecule has 1 radical (unpaired) electrons. The van der Waals surface area contributed by atoms with Gasteiger partial charge in [0.2, 0.25) is 0 Å². The Morgan fingerprint density at radius 2 is 1.55 bits per heavy atom. The predicted molar refractivity (Wildman–Crippen MR) is 82.8 cm³/mol. The molecule has 0 atom stereocenters. The fourth-order valence-corrected chi connectivity index (χ4v) is 3.03. The van der Waals surface area contributed by atoms with Crippen molar-refractivity contribution in [3.8, 4) is 11.1 Å². The Kier molecular flexibility index (Phi) is 2.67. The molecule has 0 bridgehead atoms. The molecule has 3 aromatic rings. The fourth-order valence-electron chi connectivity index (χ4n) is 3.03. The minimum atomic E-state index is 0.963. The zero-order chi connectivity index (χ0) is 13.4. The summed E-state index contributed by atoms with van der Waals surface area (Å²) in [5, 5.41) is 0. The van der Waals surface area contributed by atoms with Crippen LogP contribution in [0.15, 0.2) is 66.7 Å². The number of fused-ring (bicyclic) bond motifs is 3. The highest BCUT2D eigenvalue weighted by atomic mass is 14.2. The third kappa shape index (κ3) is 1.94.